The smallest absolute Gasteiger partial charge is 0.246 e. The van der Waals surface area contributed by atoms with Crippen LogP contribution in [0.4, 0.5) is 5.88 Å². The van der Waals surface area contributed by atoms with E-state index in [4.69, 9.17) is 9.15 Å². The van der Waals surface area contributed by atoms with E-state index in [0.29, 0.717) is 42.5 Å². The minimum atomic E-state index is -0.0366. The van der Waals surface area contributed by atoms with Crippen LogP contribution < -0.4 is 10.3 Å². The molecule has 1 fully saturated rings. The van der Waals surface area contributed by atoms with Crippen molar-refractivity contribution in [1.82, 2.24) is 4.90 Å². The number of carbonyl (C=O) groups is 1. The minimum Gasteiger partial charge on any atom is -0.438 e. The average Bonchev–Trinajstić information content (AvgIpc) is 3.41. The van der Waals surface area contributed by atoms with Gasteiger partial charge in [-0.1, -0.05) is 36.1 Å². The second-order valence-corrected chi connectivity index (χ2v) is 11.3. The van der Waals surface area contributed by atoms with E-state index in [9.17, 15) is 9.59 Å². The summed E-state index contributed by atoms with van der Waals surface area (Å²) in [6.07, 6.45) is 14.3. The molecule has 2 aliphatic rings. The molecule has 2 aromatic heterocycles. The Morgan fingerprint density at radius 3 is 2.67 bits per heavy atom. The predicted octanol–water partition coefficient (Wildman–Crippen LogP) is 5.73. The van der Waals surface area contributed by atoms with Gasteiger partial charge in [0.2, 0.25) is 11.3 Å². The second kappa shape index (κ2) is 14.1. The number of hydrogen-bond acceptors (Lipinski definition) is 7. The molecule has 8 heteroatoms. The molecule has 42 heavy (non-hydrogen) atoms. The van der Waals surface area contributed by atoms with Crippen molar-refractivity contribution in [3.63, 3.8) is 0 Å². The number of aliphatic imine (C=N–C) groups is 1. The van der Waals surface area contributed by atoms with E-state index in [2.05, 4.69) is 41.1 Å². The third kappa shape index (κ3) is 7.75. The van der Waals surface area contributed by atoms with Crippen molar-refractivity contribution in [3.8, 4) is 11.8 Å². The molecule has 2 aliphatic heterocycles. The molecule has 0 radical (unpaired) electrons. The van der Waals surface area contributed by atoms with Gasteiger partial charge in [-0.15, -0.1) is 11.3 Å². The van der Waals surface area contributed by atoms with Crippen LogP contribution in [0.15, 0.2) is 85.5 Å². The quantitative estimate of drug-likeness (QED) is 0.263. The summed E-state index contributed by atoms with van der Waals surface area (Å²) in [6.45, 7) is 2.65. The molecule has 5 rings (SSSR count). The highest BCUT2D eigenvalue weighted by Gasteiger charge is 2.17. The molecule has 1 saturated heterocycles. The van der Waals surface area contributed by atoms with Crippen LogP contribution in [0.3, 0.4) is 0 Å². The Hall–Kier alpha value is -4.19. The van der Waals surface area contributed by atoms with Crippen LogP contribution in [0.1, 0.15) is 42.4 Å². The minimum absolute atomic E-state index is 0.0359. The number of morpholine rings is 1. The molecular weight excluding hydrogens is 546 g/mol. The monoisotopic (exact) mass is 581 g/mol. The lowest BCUT2D eigenvalue weighted by Gasteiger charge is -2.26. The molecule has 0 aliphatic carbocycles. The lowest BCUT2D eigenvalue weighted by molar-refractivity contribution is -0.123. The SMILES string of the molecule is CN(C)C(=O)/C=C/C1=C/CC/C=C(CCCc2ccc(C#Cc3csc4c(=O)cc(N5CCOCC5)oc34)cc2)/N=C\1. The Kier molecular flexibility index (Phi) is 9.86. The number of nitrogens with zero attached hydrogens (tertiary/aromatic N) is 3. The van der Waals surface area contributed by atoms with E-state index in [1.54, 1.807) is 31.1 Å². The number of anilines is 1. The van der Waals surface area contributed by atoms with E-state index in [-0.39, 0.29) is 11.3 Å². The van der Waals surface area contributed by atoms with E-state index in [1.807, 2.05) is 34.7 Å². The molecule has 0 N–H and O–H groups in total. The lowest BCUT2D eigenvalue weighted by Crippen LogP contribution is -2.36. The number of fused-ring (bicyclic) bond motifs is 1. The van der Waals surface area contributed by atoms with Crippen LogP contribution >= 0.6 is 11.3 Å². The van der Waals surface area contributed by atoms with Crippen molar-refractivity contribution in [2.24, 2.45) is 4.99 Å². The van der Waals surface area contributed by atoms with Gasteiger partial charge in [-0.05, 0) is 61.4 Å². The van der Waals surface area contributed by atoms with Gasteiger partial charge in [0.05, 0.1) is 18.8 Å². The van der Waals surface area contributed by atoms with Crippen LogP contribution in [-0.2, 0) is 16.0 Å². The largest absolute Gasteiger partial charge is 0.438 e. The maximum absolute atomic E-state index is 12.7. The van der Waals surface area contributed by atoms with Gasteiger partial charge < -0.3 is 19.0 Å². The summed E-state index contributed by atoms with van der Waals surface area (Å²) in [4.78, 5) is 32.8. The van der Waals surface area contributed by atoms with Gasteiger partial charge in [-0.2, -0.15) is 0 Å². The van der Waals surface area contributed by atoms with Crippen molar-refractivity contribution in [2.75, 3.05) is 45.3 Å². The van der Waals surface area contributed by atoms with Gasteiger partial charge in [-0.25, -0.2) is 0 Å². The molecule has 0 spiro atoms. The Morgan fingerprint density at radius 1 is 1.10 bits per heavy atom. The molecule has 0 atom stereocenters. The van der Waals surface area contributed by atoms with Crippen LogP contribution in [-0.4, -0.2) is 57.4 Å². The summed E-state index contributed by atoms with van der Waals surface area (Å²) in [6, 6.07) is 9.89. The number of aryl methyl sites for hydroxylation is 1. The third-order valence-electron chi connectivity index (χ3n) is 7.11. The maximum atomic E-state index is 12.7. The Bertz CT molecular complexity index is 1660. The first-order valence-corrected chi connectivity index (χ1v) is 15.2. The van der Waals surface area contributed by atoms with Crippen molar-refractivity contribution in [3.05, 3.63) is 98.2 Å². The van der Waals surface area contributed by atoms with Gasteiger partial charge in [0.15, 0.2) is 11.5 Å². The van der Waals surface area contributed by atoms with Crippen LogP contribution in [0.25, 0.3) is 10.3 Å². The highest BCUT2D eigenvalue weighted by molar-refractivity contribution is 7.17. The molecular formula is C34H35N3O4S. The normalized spacial score (nSPS) is 18.8. The number of carbonyl (C=O) groups excluding carboxylic acids is 1. The molecule has 4 heterocycles. The molecule has 1 aromatic carbocycles. The summed E-state index contributed by atoms with van der Waals surface area (Å²) < 4.78 is 12.2. The lowest BCUT2D eigenvalue weighted by atomic mass is 10.0. The topological polar surface area (TPSA) is 75.4 Å². The fourth-order valence-corrected chi connectivity index (χ4v) is 5.52. The predicted molar refractivity (Wildman–Crippen MR) is 170 cm³/mol. The van der Waals surface area contributed by atoms with Crippen molar-refractivity contribution < 1.29 is 13.9 Å². The van der Waals surface area contributed by atoms with Gasteiger partial charge in [0.1, 0.15) is 4.70 Å². The van der Waals surface area contributed by atoms with Crippen molar-refractivity contribution in [1.29, 1.82) is 0 Å². The number of allylic oxidation sites excluding steroid dienone is 5. The van der Waals surface area contributed by atoms with E-state index < -0.39 is 0 Å². The van der Waals surface area contributed by atoms with Gasteiger partial charge in [-0.3, -0.25) is 14.6 Å². The van der Waals surface area contributed by atoms with E-state index in [0.717, 1.165) is 54.5 Å². The maximum Gasteiger partial charge on any atom is 0.246 e. The van der Waals surface area contributed by atoms with Crippen LogP contribution in [0.2, 0.25) is 0 Å². The highest BCUT2D eigenvalue weighted by atomic mass is 32.1. The first-order valence-electron chi connectivity index (χ1n) is 14.3. The summed E-state index contributed by atoms with van der Waals surface area (Å²) in [7, 11) is 3.48. The summed E-state index contributed by atoms with van der Waals surface area (Å²) in [5, 5.41) is 1.89. The summed E-state index contributed by atoms with van der Waals surface area (Å²) in [5.74, 6) is 6.98. The zero-order valence-electron chi connectivity index (χ0n) is 24.1. The number of amides is 1. The standard InChI is InChI=1S/C34H35N3O4S/c1-36(2)31(39)17-15-27-6-3-4-8-29(35-23-27)9-5-7-25-10-12-26(13-11-25)14-16-28-24-42-34-30(38)22-32(41-33(28)34)37-18-20-40-21-19-37/h6,8,10-13,15,17,22-24H,3-5,7,9,18-21H2,1-2H3/b17-15+,27-6-,29-8+,35-23-. The summed E-state index contributed by atoms with van der Waals surface area (Å²) in [5.41, 5.74) is 5.47. The number of thiophene rings is 1. The van der Waals surface area contributed by atoms with Gasteiger partial charge in [0, 0.05) is 62.2 Å². The molecule has 1 amide bonds. The number of hydrogen-bond donors (Lipinski definition) is 0. The Balaban J connectivity index is 1.17. The second-order valence-electron chi connectivity index (χ2n) is 10.5. The van der Waals surface area contributed by atoms with E-state index in [1.165, 1.54) is 16.9 Å². The number of ether oxygens (including phenoxy) is 1. The summed E-state index contributed by atoms with van der Waals surface area (Å²) >= 11 is 1.37. The zero-order valence-corrected chi connectivity index (χ0v) is 24.9. The third-order valence-corrected chi connectivity index (χ3v) is 8.09. The van der Waals surface area contributed by atoms with E-state index >= 15 is 0 Å². The fraction of sp³-hybridized carbons (Fsp3) is 0.324. The van der Waals surface area contributed by atoms with Gasteiger partial charge >= 0.3 is 0 Å². The van der Waals surface area contributed by atoms with Crippen molar-refractivity contribution in [2.45, 2.75) is 32.1 Å². The van der Waals surface area contributed by atoms with Crippen molar-refractivity contribution >= 4 is 39.6 Å². The molecule has 216 valence electrons. The van der Waals surface area contributed by atoms with Crippen LogP contribution in [0.5, 0.6) is 0 Å². The fourth-order valence-electron chi connectivity index (χ4n) is 4.68. The highest BCUT2D eigenvalue weighted by Crippen LogP contribution is 2.27. The molecule has 0 saturated carbocycles. The average molecular weight is 582 g/mol. The van der Waals surface area contributed by atoms with Gasteiger partial charge in [0.25, 0.3) is 0 Å². The number of benzene rings is 1. The zero-order chi connectivity index (χ0) is 29.3. The first-order chi connectivity index (χ1) is 20.5. The number of rotatable bonds is 7. The Labute approximate surface area is 250 Å². The molecule has 0 bridgehead atoms. The Morgan fingerprint density at radius 2 is 1.88 bits per heavy atom. The van der Waals surface area contributed by atoms with Crippen LogP contribution in [0, 0.1) is 11.8 Å². The molecule has 3 aromatic rings. The molecule has 7 nitrogen and oxygen atoms in total. The number of likely N-dealkylation sites (N-methyl/N-ethyl adjacent to an activating group) is 1. The first kappa shape index (κ1) is 29.3. The molecule has 0 unspecified atom stereocenters.